The Balaban J connectivity index is 1.22. The molecule has 3 aromatic rings. The minimum atomic E-state index is -1.05. The summed E-state index contributed by atoms with van der Waals surface area (Å²) in [5.41, 5.74) is 38.7. The van der Waals surface area contributed by atoms with E-state index in [1.54, 1.807) is 0 Å². The zero-order chi connectivity index (χ0) is 79.7. The van der Waals surface area contributed by atoms with Gasteiger partial charge in [-0.1, -0.05) is 153 Å². The Bertz CT molecular complexity index is 3390. The highest BCUT2D eigenvalue weighted by Gasteiger charge is 2.67. The average molecular weight is 1520 g/mol. The SMILES string of the molecule is CC(C)[C@H](NC(=O)[C@H](CCCCN)NC(=O)[C@@H](N)Cc1ccccc1)C(=O)N[C@@H]1CC[C@@]2(C)[C@@H](C1)C[C@@H](NC(=O)[C@@H](NC(=O)[C@H](CCCCN)NC(=O)[C@@H](N)Cc1ccccc1)C(C)C)[C@@H]1[C@@H]2C[C@H](NC(=O)[C@@H](NC(=O)[C@H](CCCCN)NC(=O)[C@@H](N)Cc2ccccc2)C(C)C)[C@]2(C)[C@@H]([C@H](C)CCCO)CC[C@@H]12. The van der Waals surface area contributed by atoms with Crippen LogP contribution < -0.4 is 82.3 Å². The molecule has 9 amide bonds. The lowest BCUT2D eigenvalue weighted by molar-refractivity contribution is -0.156. The summed E-state index contributed by atoms with van der Waals surface area (Å²) in [5.74, 6) is -5.70. The fourth-order valence-electron chi connectivity index (χ4n) is 18.5. The molecule has 0 radical (unpaired) electrons. The van der Waals surface area contributed by atoms with E-state index in [2.05, 4.69) is 68.6 Å². The van der Waals surface area contributed by atoms with Gasteiger partial charge in [-0.05, 0) is 235 Å². The summed E-state index contributed by atoms with van der Waals surface area (Å²) in [6.07, 6.45) is 10.7. The standard InChI is InChI=1S/C84H135N15O10/c1-50(2)71(97-77(104)65(33-19-22-40-85)92-74(101)62(88)44-54-27-13-10-14-28-54)80(107)91-58-38-39-83(8)57(47-58)48-68(95-81(108)72(51(3)4)98-78(105)66(34-20-23-41-86)93-75(102)63(89)45-55-29-15-11-16-30-55)70-60-37-36-59(53(7)26-25-43-100)84(60,9)69(49-61(70)83)96-82(109)73(52(5)6)99-79(106)67(35-21-24-42-87)94-76(103)64(90)46-56-31-17-12-18-32-56/h10-18,27-32,50-53,57-73,100H,19-26,33-49,85-90H2,1-9H3,(H,91,107)(H,92,101)(H,93,102)(H,94,103)(H,95,108)(H,96,109)(H,97,104)(H,98,105)(H,99,106)/t53-,57+,58-,59-,60+,61+,62+,63+,64+,65+,66+,67+,68-,69+,70+,71+,72+,73+,83+,84-/m1/s1. The molecule has 0 unspecified atom stereocenters. The molecule has 0 aromatic heterocycles. The van der Waals surface area contributed by atoms with E-state index in [9.17, 15) is 38.7 Å². The monoisotopic (exact) mass is 1510 g/mol. The van der Waals surface area contributed by atoms with Gasteiger partial charge in [0.05, 0.1) is 18.1 Å². The van der Waals surface area contributed by atoms with Crippen molar-refractivity contribution in [1.82, 2.24) is 47.9 Å². The first-order valence-electron chi connectivity index (χ1n) is 40.8. The molecule has 606 valence electrons. The van der Waals surface area contributed by atoms with Crippen molar-refractivity contribution in [3.05, 3.63) is 108 Å². The van der Waals surface area contributed by atoms with E-state index in [4.69, 9.17) is 34.4 Å². The van der Waals surface area contributed by atoms with Crippen LogP contribution in [-0.2, 0) is 62.4 Å². The number of nitrogens with one attached hydrogen (secondary N) is 9. The van der Waals surface area contributed by atoms with Gasteiger partial charge in [-0.3, -0.25) is 43.2 Å². The lowest BCUT2D eigenvalue weighted by Gasteiger charge is -2.65. The summed E-state index contributed by atoms with van der Waals surface area (Å²) in [6.45, 7) is 19.3. The molecule has 109 heavy (non-hydrogen) atoms. The van der Waals surface area contributed by atoms with Gasteiger partial charge in [0.1, 0.15) is 36.3 Å². The quantitative estimate of drug-likeness (QED) is 0.0341. The molecule has 22 N–H and O–H groups in total. The Morgan fingerprint density at radius 3 is 1.19 bits per heavy atom. The number of carbonyl (C=O) groups is 9. The van der Waals surface area contributed by atoms with Crippen LogP contribution in [0, 0.1) is 64.1 Å². The number of carbonyl (C=O) groups excluding carboxylic acids is 9. The first-order chi connectivity index (χ1) is 52.0. The van der Waals surface area contributed by atoms with Crippen LogP contribution in [0.15, 0.2) is 91.0 Å². The van der Waals surface area contributed by atoms with E-state index in [-0.39, 0.29) is 110 Å². The number of nitrogens with two attached hydrogens (primary N) is 6. The number of rotatable bonds is 43. The summed E-state index contributed by atoms with van der Waals surface area (Å²) in [4.78, 5) is 132. The maximum atomic E-state index is 15.7. The van der Waals surface area contributed by atoms with Crippen molar-refractivity contribution < 1.29 is 48.3 Å². The fourth-order valence-corrected chi connectivity index (χ4v) is 18.5. The molecule has 0 saturated heterocycles. The molecule has 20 atom stereocenters. The lowest BCUT2D eigenvalue weighted by Crippen LogP contribution is -2.69. The summed E-state index contributed by atoms with van der Waals surface area (Å²) < 4.78 is 0. The van der Waals surface area contributed by atoms with Crippen LogP contribution in [0.4, 0.5) is 0 Å². The average Bonchev–Trinajstić information content (AvgIpc) is 1.64. The number of aliphatic hydroxyl groups excluding tert-OH is 1. The van der Waals surface area contributed by atoms with E-state index >= 15 is 9.59 Å². The van der Waals surface area contributed by atoms with Gasteiger partial charge < -0.3 is 87.4 Å². The smallest absolute Gasteiger partial charge is 0.243 e. The molecule has 4 saturated carbocycles. The predicted octanol–water partition coefficient (Wildman–Crippen LogP) is 4.70. The van der Waals surface area contributed by atoms with Gasteiger partial charge in [-0.15, -0.1) is 0 Å². The predicted molar refractivity (Wildman–Crippen MR) is 426 cm³/mol. The van der Waals surface area contributed by atoms with Crippen LogP contribution in [0.2, 0.25) is 0 Å². The van der Waals surface area contributed by atoms with Gasteiger partial charge in [-0.2, -0.15) is 0 Å². The lowest BCUT2D eigenvalue weighted by atomic mass is 9.42. The number of aliphatic hydroxyl groups is 1. The molecule has 0 bridgehead atoms. The van der Waals surface area contributed by atoms with Gasteiger partial charge in [0.25, 0.3) is 0 Å². The highest BCUT2D eigenvalue weighted by Crippen LogP contribution is 2.68. The first-order valence-corrected chi connectivity index (χ1v) is 40.8. The normalized spacial score (nSPS) is 25.0. The van der Waals surface area contributed by atoms with Crippen LogP contribution in [0.3, 0.4) is 0 Å². The maximum absolute atomic E-state index is 15.7. The zero-order valence-corrected chi connectivity index (χ0v) is 66.5. The Morgan fingerprint density at radius 1 is 0.431 bits per heavy atom. The summed E-state index contributed by atoms with van der Waals surface area (Å²) in [5, 5.41) is 38.8. The molecule has 3 aromatic carbocycles. The number of benzene rings is 3. The highest BCUT2D eigenvalue weighted by molar-refractivity contribution is 5.95. The second-order valence-electron chi connectivity index (χ2n) is 33.6. The number of fused-ring (bicyclic) bond motifs is 5. The minimum absolute atomic E-state index is 0.0178. The molecule has 0 heterocycles. The van der Waals surface area contributed by atoms with E-state index in [0.29, 0.717) is 96.7 Å². The van der Waals surface area contributed by atoms with E-state index in [1.807, 2.05) is 133 Å². The van der Waals surface area contributed by atoms with E-state index < -0.39 is 125 Å². The molecule has 0 aliphatic heterocycles. The topological polar surface area (TPSA) is 438 Å². The second kappa shape index (κ2) is 42.9. The Labute approximate surface area is 648 Å². The second-order valence-corrected chi connectivity index (χ2v) is 33.6. The van der Waals surface area contributed by atoms with Crippen LogP contribution in [0.25, 0.3) is 0 Å². The molecule has 4 aliphatic carbocycles. The van der Waals surface area contributed by atoms with Crippen molar-refractivity contribution >= 4 is 53.2 Å². The largest absolute Gasteiger partial charge is 0.396 e. The molecular weight excluding hydrogens is 1380 g/mol. The minimum Gasteiger partial charge on any atom is -0.396 e. The van der Waals surface area contributed by atoms with Gasteiger partial charge in [-0.25, -0.2) is 0 Å². The third-order valence-electron chi connectivity index (χ3n) is 24.8. The Morgan fingerprint density at radius 2 is 0.817 bits per heavy atom. The van der Waals surface area contributed by atoms with Crippen molar-refractivity contribution in [3.63, 3.8) is 0 Å². The number of hydrogen-bond donors (Lipinski definition) is 16. The van der Waals surface area contributed by atoms with Crippen LogP contribution >= 0.6 is 0 Å². The van der Waals surface area contributed by atoms with Gasteiger partial charge >= 0.3 is 0 Å². The van der Waals surface area contributed by atoms with Gasteiger partial charge in [0.2, 0.25) is 53.2 Å². The van der Waals surface area contributed by atoms with Crippen molar-refractivity contribution in [1.29, 1.82) is 0 Å². The molecule has 0 spiro atoms. The van der Waals surface area contributed by atoms with Crippen molar-refractivity contribution in [3.8, 4) is 0 Å². The van der Waals surface area contributed by atoms with E-state index in [0.717, 1.165) is 36.0 Å². The fraction of sp³-hybridized carbons (Fsp3) is 0.679. The number of hydrogen-bond acceptors (Lipinski definition) is 16. The zero-order valence-electron chi connectivity index (χ0n) is 66.5. The molecule has 25 heteroatoms. The van der Waals surface area contributed by atoms with Crippen molar-refractivity contribution in [2.45, 2.75) is 270 Å². The first kappa shape index (κ1) is 88.8. The molecule has 25 nitrogen and oxygen atoms in total. The third-order valence-corrected chi connectivity index (χ3v) is 24.8. The highest BCUT2D eigenvalue weighted by atomic mass is 16.3. The van der Waals surface area contributed by atoms with Gasteiger partial charge in [0.15, 0.2) is 0 Å². The van der Waals surface area contributed by atoms with Crippen molar-refractivity contribution in [2.75, 3.05) is 26.2 Å². The van der Waals surface area contributed by atoms with Crippen LogP contribution in [0.5, 0.6) is 0 Å². The Hall–Kier alpha value is -7.39. The van der Waals surface area contributed by atoms with Crippen LogP contribution in [0.1, 0.15) is 195 Å². The third kappa shape index (κ3) is 24.3. The summed E-state index contributed by atoms with van der Waals surface area (Å²) in [7, 11) is 0. The van der Waals surface area contributed by atoms with Crippen LogP contribution in [-0.4, -0.2) is 157 Å². The van der Waals surface area contributed by atoms with Crippen molar-refractivity contribution in [2.24, 2.45) is 98.5 Å². The molecule has 4 aliphatic rings. The maximum Gasteiger partial charge on any atom is 0.243 e. The van der Waals surface area contributed by atoms with Gasteiger partial charge in [0, 0.05) is 24.7 Å². The molecular formula is C84H135N15O10. The molecule has 7 rings (SSSR count). The summed E-state index contributed by atoms with van der Waals surface area (Å²) >= 11 is 0. The summed E-state index contributed by atoms with van der Waals surface area (Å²) in [6, 6.07) is 17.9. The molecule has 4 fully saturated rings. The number of unbranched alkanes of at least 4 members (excludes halogenated alkanes) is 3. The Kier molecular flexibility index (Phi) is 34.9. The number of amides is 9. The van der Waals surface area contributed by atoms with E-state index in [1.165, 1.54) is 0 Å².